The molecule has 0 radical (unpaired) electrons. The van der Waals surface area contributed by atoms with Gasteiger partial charge in [0.25, 0.3) is 0 Å². The van der Waals surface area contributed by atoms with E-state index in [0.717, 1.165) is 18.2 Å². The largest absolute Gasteiger partial charge is 0.478 e. The second-order valence-corrected chi connectivity index (χ2v) is 6.32. The zero-order chi connectivity index (χ0) is 19.3. The fourth-order valence-electron chi connectivity index (χ4n) is 2.85. The quantitative estimate of drug-likeness (QED) is 0.454. The Morgan fingerprint density at radius 1 is 1.07 bits per heavy atom. The highest BCUT2D eigenvalue weighted by Crippen LogP contribution is 2.34. The Bertz CT molecular complexity index is 1210. The molecule has 4 rings (SSSR count). The lowest BCUT2D eigenvalue weighted by atomic mass is 10.0. The normalized spacial score (nSPS) is 12.0. The maximum absolute atomic E-state index is 12.9. The molecule has 0 aliphatic heterocycles. The van der Waals surface area contributed by atoms with Gasteiger partial charge in [-0.15, -0.1) is 0 Å². The van der Waals surface area contributed by atoms with Gasteiger partial charge < -0.3 is 9.52 Å². The number of rotatable bonds is 2. The number of halogens is 4. The summed E-state index contributed by atoms with van der Waals surface area (Å²) >= 11 is 5.94. The minimum absolute atomic E-state index is 0.0970. The zero-order valence-electron chi connectivity index (χ0n) is 13.3. The number of carboxylic acid groups (broad SMARTS) is 1. The summed E-state index contributed by atoms with van der Waals surface area (Å²) in [7, 11) is 0. The van der Waals surface area contributed by atoms with Crippen LogP contribution in [0.15, 0.2) is 52.9 Å². The number of furan rings is 1. The van der Waals surface area contributed by atoms with Gasteiger partial charge in [-0.1, -0.05) is 11.6 Å². The molecule has 0 amide bonds. The van der Waals surface area contributed by atoms with Crippen LogP contribution in [0.4, 0.5) is 13.2 Å². The molecular formula is C19H9ClF3NO3. The first-order valence-electron chi connectivity index (χ1n) is 7.67. The van der Waals surface area contributed by atoms with Crippen molar-refractivity contribution in [1.29, 1.82) is 0 Å². The average molecular weight is 392 g/mol. The van der Waals surface area contributed by atoms with Crippen LogP contribution in [-0.2, 0) is 6.18 Å². The third kappa shape index (κ3) is 3.10. The molecule has 0 unspecified atom stereocenters. The van der Waals surface area contributed by atoms with E-state index in [9.17, 15) is 23.1 Å². The number of carbonyl (C=O) groups is 1. The first kappa shape index (κ1) is 17.4. The number of carboxylic acids is 1. The molecule has 0 fully saturated rings. The summed E-state index contributed by atoms with van der Waals surface area (Å²) in [5, 5.41) is 10.6. The second-order valence-electron chi connectivity index (χ2n) is 5.88. The molecular weight excluding hydrogens is 383 g/mol. The van der Waals surface area contributed by atoms with Crippen molar-refractivity contribution in [3.63, 3.8) is 0 Å². The van der Waals surface area contributed by atoms with Crippen LogP contribution in [-0.4, -0.2) is 16.1 Å². The van der Waals surface area contributed by atoms with Gasteiger partial charge in [0.2, 0.25) is 0 Å². The highest BCUT2D eigenvalue weighted by molar-refractivity contribution is 6.31. The summed E-state index contributed by atoms with van der Waals surface area (Å²) < 4.78 is 44.5. The Hall–Kier alpha value is -3.06. The Labute approximate surface area is 154 Å². The first-order valence-corrected chi connectivity index (χ1v) is 8.05. The van der Waals surface area contributed by atoms with E-state index in [4.69, 9.17) is 16.0 Å². The van der Waals surface area contributed by atoms with Crippen LogP contribution >= 0.6 is 11.6 Å². The molecule has 27 heavy (non-hydrogen) atoms. The zero-order valence-corrected chi connectivity index (χ0v) is 14.1. The van der Waals surface area contributed by atoms with Crippen molar-refractivity contribution in [2.45, 2.75) is 6.18 Å². The summed E-state index contributed by atoms with van der Waals surface area (Å²) in [4.78, 5) is 15.9. The van der Waals surface area contributed by atoms with Crippen molar-refractivity contribution in [1.82, 2.24) is 4.98 Å². The molecule has 2 heterocycles. The lowest BCUT2D eigenvalue weighted by molar-refractivity contribution is -0.137. The Kier molecular flexibility index (Phi) is 3.85. The predicted molar refractivity (Wildman–Crippen MR) is 93.9 cm³/mol. The van der Waals surface area contributed by atoms with Crippen LogP contribution in [0, 0.1) is 0 Å². The maximum Gasteiger partial charge on any atom is 0.416 e. The van der Waals surface area contributed by atoms with Gasteiger partial charge in [-0.05, 0) is 48.5 Å². The molecule has 2 aromatic heterocycles. The van der Waals surface area contributed by atoms with Crippen molar-refractivity contribution >= 4 is 39.4 Å². The van der Waals surface area contributed by atoms with Crippen LogP contribution in [0.1, 0.15) is 15.9 Å². The van der Waals surface area contributed by atoms with Crippen LogP contribution in [0.25, 0.3) is 33.3 Å². The number of aromatic carboxylic acids is 1. The number of hydrogen-bond acceptors (Lipinski definition) is 3. The van der Waals surface area contributed by atoms with Crippen molar-refractivity contribution in [2.75, 3.05) is 0 Å². The van der Waals surface area contributed by atoms with Gasteiger partial charge in [0.1, 0.15) is 11.3 Å². The monoisotopic (exact) mass is 391 g/mol. The molecule has 0 bridgehead atoms. The van der Waals surface area contributed by atoms with Gasteiger partial charge in [0.05, 0.1) is 16.6 Å². The maximum atomic E-state index is 12.9. The molecule has 4 nitrogen and oxygen atoms in total. The summed E-state index contributed by atoms with van der Waals surface area (Å²) in [5.74, 6) is -1.07. The van der Waals surface area contributed by atoms with Crippen LogP contribution < -0.4 is 0 Å². The Morgan fingerprint density at radius 3 is 2.56 bits per heavy atom. The summed E-state index contributed by atoms with van der Waals surface area (Å²) in [6.07, 6.45) is -4.58. The van der Waals surface area contributed by atoms with E-state index < -0.39 is 17.7 Å². The van der Waals surface area contributed by atoms with E-state index in [1.54, 1.807) is 24.3 Å². The van der Waals surface area contributed by atoms with E-state index in [0.29, 0.717) is 16.0 Å². The lowest BCUT2D eigenvalue weighted by Gasteiger charge is -2.10. The molecule has 1 N–H and O–H groups in total. The van der Waals surface area contributed by atoms with E-state index in [2.05, 4.69) is 4.98 Å². The van der Waals surface area contributed by atoms with E-state index in [1.807, 2.05) is 0 Å². The fraction of sp³-hybridized carbons (Fsp3) is 0.0526. The Balaban J connectivity index is 1.94. The number of nitrogens with zero attached hydrogens (tertiary/aromatic N) is 1. The van der Waals surface area contributed by atoms with Gasteiger partial charge in [0.15, 0.2) is 5.76 Å². The molecule has 0 saturated carbocycles. The number of pyridine rings is 1. The smallest absolute Gasteiger partial charge is 0.416 e. The molecule has 0 aliphatic carbocycles. The highest BCUT2D eigenvalue weighted by Gasteiger charge is 2.31. The van der Waals surface area contributed by atoms with E-state index in [1.165, 1.54) is 6.07 Å². The van der Waals surface area contributed by atoms with Gasteiger partial charge in [-0.2, -0.15) is 13.2 Å². The number of alkyl halides is 3. The molecule has 8 heteroatoms. The van der Waals surface area contributed by atoms with Crippen LogP contribution in [0.5, 0.6) is 0 Å². The molecule has 2 aromatic carbocycles. The van der Waals surface area contributed by atoms with Gasteiger partial charge in [-0.3, -0.25) is 0 Å². The summed E-state index contributed by atoms with van der Waals surface area (Å²) in [6, 6.07) is 10.6. The minimum Gasteiger partial charge on any atom is -0.478 e. The van der Waals surface area contributed by atoms with Gasteiger partial charge >= 0.3 is 12.1 Å². The predicted octanol–water partition coefficient (Wildman–Crippen LogP) is 6.02. The molecule has 0 spiro atoms. The summed E-state index contributed by atoms with van der Waals surface area (Å²) in [5.41, 5.74) is -0.381. The molecule has 136 valence electrons. The second kappa shape index (κ2) is 5.99. The fourth-order valence-corrected chi connectivity index (χ4v) is 3.03. The van der Waals surface area contributed by atoms with Crippen molar-refractivity contribution < 1.29 is 27.5 Å². The minimum atomic E-state index is -4.58. The molecule has 0 atom stereocenters. The van der Waals surface area contributed by atoms with Crippen molar-refractivity contribution in [3.8, 4) is 11.5 Å². The van der Waals surface area contributed by atoms with Crippen molar-refractivity contribution in [3.05, 3.63) is 64.7 Å². The van der Waals surface area contributed by atoms with E-state index >= 15 is 0 Å². The standard InChI is InChI=1S/C19H9ClF3NO3/c20-11-2-4-16-9(5-11)6-17(27-16)15-8-13(18(25)26)12-7-10(19(21,22)23)1-3-14(12)24-15/h1-8H,(H,25,26). The SMILES string of the molecule is O=C(O)c1cc(-c2cc3cc(Cl)ccc3o2)nc2ccc(C(F)(F)F)cc12. The van der Waals surface area contributed by atoms with E-state index in [-0.39, 0.29) is 27.9 Å². The van der Waals surface area contributed by atoms with Crippen LogP contribution in [0.2, 0.25) is 5.02 Å². The average Bonchev–Trinajstić information content (AvgIpc) is 3.02. The van der Waals surface area contributed by atoms with Crippen LogP contribution in [0.3, 0.4) is 0 Å². The molecule has 0 saturated heterocycles. The number of aromatic nitrogens is 1. The third-order valence-electron chi connectivity index (χ3n) is 4.10. The Morgan fingerprint density at radius 2 is 1.85 bits per heavy atom. The number of fused-ring (bicyclic) bond motifs is 2. The molecule has 4 aromatic rings. The topological polar surface area (TPSA) is 63.3 Å². The third-order valence-corrected chi connectivity index (χ3v) is 4.33. The number of hydrogen-bond donors (Lipinski definition) is 1. The van der Waals surface area contributed by atoms with Gasteiger partial charge in [-0.25, -0.2) is 9.78 Å². The first-order chi connectivity index (χ1) is 12.7. The highest BCUT2D eigenvalue weighted by atomic mass is 35.5. The van der Waals surface area contributed by atoms with Gasteiger partial charge in [0, 0.05) is 15.8 Å². The van der Waals surface area contributed by atoms with Crippen molar-refractivity contribution in [2.24, 2.45) is 0 Å². The molecule has 0 aliphatic rings. The lowest BCUT2D eigenvalue weighted by Crippen LogP contribution is -2.06. The summed E-state index contributed by atoms with van der Waals surface area (Å²) in [6.45, 7) is 0. The number of benzene rings is 2.